The first-order chi connectivity index (χ1) is 8.12. The topological polar surface area (TPSA) is 20.3 Å². The molecule has 0 unspecified atom stereocenters. The summed E-state index contributed by atoms with van der Waals surface area (Å²) in [5, 5.41) is 0. The fourth-order valence-corrected chi connectivity index (χ4v) is 1.78. The van der Waals surface area contributed by atoms with Crippen LogP contribution in [0.1, 0.15) is 56.1 Å². The van der Waals surface area contributed by atoms with E-state index in [0.29, 0.717) is 0 Å². The van der Waals surface area contributed by atoms with E-state index in [1.54, 1.807) is 4.90 Å². The first-order valence-corrected chi connectivity index (χ1v) is 6.52. The lowest BCUT2D eigenvalue weighted by Gasteiger charge is -2.24. The van der Waals surface area contributed by atoms with Gasteiger partial charge >= 0.3 is 0 Å². The molecule has 0 aliphatic carbocycles. The van der Waals surface area contributed by atoms with Crippen LogP contribution in [0.4, 0.5) is 0 Å². The lowest BCUT2D eigenvalue weighted by molar-refractivity contribution is 0.0754. The fraction of sp³-hybridized carbons (Fsp3) is 0.562. The van der Waals surface area contributed by atoms with E-state index in [1.807, 2.05) is 40.0 Å². The minimum Gasteiger partial charge on any atom is -0.339 e. The molecule has 0 bridgehead atoms. The maximum Gasteiger partial charge on any atom is 0.253 e. The monoisotopic (exact) mass is 247 g/mol. The highest BCUT2D eigenvalue weighted by atomic mass is 16.2. The molecule has 0 spiro atoms. The third-order valence-corrected chi connectivity index (χ3v) is 3.29. The first kappa shape index (κ1) is 14.7. The highest BCUT2D eigenvalue weighted by Gasteiger charge is 2.19. The van der Waals surface area contributed by atoms with Crippen LogP contribution in [0.3, 0.4) is 0 Å². The van der Waals surface area contributed by atoms with Gasteiger partial charge in [0.05, 0.1) is 0 Å². The molecule has 0 aromatic heterocycles. The van der Waals surface area contributed by atoms with Crippen molar-refractivity contribution in [1.29, 1.82) is 0 Å². The molecule has 0 heterocycles. The molecular formula is C16H25NO. The second-order valence-electron chi connectivity index (χ2n) is 6.35. The van der Waals surface area contributed by atoms with Crippen molar-refractivity contribution in [2.75, 3.05) is 7.05 Å². The number of nitrogens with zero attached hydrogens (tertiary/aromatic N) is 1. The number of hydrogen-bond acceptors (Lipinski definition) is 1. The summed E-state index contributed by atoms with van der Waals surface area (Å²) >= 11 is 0. The Morgan fingerprint density at radius 3 is 2.17 bits per heavy atom. The summed E-state index contributed by atoms with van der Waals surface area (Å²) in [5.41, 5.74) is 3.21. The van der Waals surface area contributed by atoms with E-state index in [9.17, 15) is 4.79 Å². The van der Waals surface area contributed by atoms with Gasteiger partial charge in [0.25, 0.3) is 5.91 Å². The molecular weight excluding hydrogens is 222 g/mol. The standard InChI is InChI=1S/C16H25NO/c1-11(2)17(7)15(18)13-8-12(3)9-14(10-13)16(4,5)6/h8-11H,1-7H3. The third kappa shape index (κ3) is 3.34. The Hall–Kier alpha value is -1.31. The molecule has 1 aromatic carbocycles. The van der Waals surface area contributed by atoms with Crippen molar-refractivity contribution in [3.63, 3.8) is 0 Å². The van der Waals surface area contributed by atoms with Crippen molar-refractivity contribution in [3.05, 3.63) is 34.9 Å². The van der Waals surface area contributed by atoms with Crippen LogP contribution in [0.5, 0.6) is 0 Å². The van der Waals surface area contributed by atoms with Crippen LogP contribution in [0.25, 0.3) is 0 Å². The Bertz CT molecular complexity index is 441. The van der Waals surface area contributed by atoms with E-state index in [4.69, 9.17) is 0 Å². The van der Waals surface area contributed by atoms with Crippen LogP contribution in [-0.2, 0) is 5.41 Å². The fourth-order valence-electron chi connectivity index (χ4n) is 1.78. The molecule has 0 aliphatic rings. The van der Waals surface area contributed by atoms with Crippen LogP contribution >= 0.6 is 0 Å². The molecule has 2 heteroatoms. The van der Waals surface area contributed by atoms with Crippen molar-refractivity contribution in [3.8, 4) is 0 Å². The summed E-state index contributed by atoms with van der Waals surface area (Å²) in [6.45, 7) is 12.6. The van der Waals surface area contributed by atoms with E-state index in [-0.39, 0.29) is 17.4 Å². The van der Waals surface area contributed by atoms with Gasteiger partial charge in [0.2, 0.25) is 0 Å². The SMILES string of the molecule is Cc1cc(C(=O)N(C)C(C)C)cc(C(C)(C)C)c1. The highest BCUT2D eigenvalue weighted by Crippen LogP contribution is 2.25. The molecule has 0 saturated heterocycles. The van der Waals surface area contributed by atoms with Crippen LogP contribution in [-0.4, -0.2) is 23.9 Å². The van der Waals surface area contributed by atoms with Crippen molar-refractivity contribution < 1.29 is 4.79 Å². The Morgan fingerprint density at radius 2 is 1.72 bits per heavy atom. The molecule has 0 atom stereocenters. The number of carbonyl (C=O) groups is 1. The van der Waals surface area contributed by atoms with Gasteiger partial charge in [-0.1, -0.05) is 32.4 Å². The molecule has 1 rings (SSSR count). The molecule has 0 saturated carbocycles. The Balaban J connectivity index is 3.19. The minimum absolute atomic E-state index is 0.0669. The summed E-state index contributed by atoms with van der Waals surface area (Å²) in [7, 11) is 1.85. The summed E-state index contributed by atoms with van der Waals surface area (Å²) in [4.78, 5) is 14.1. The molecule has 0 aliphatic heterocycles. The summed E-state index contributed by atoms with van der Waals surface area (Å²) in [6, 6.07) is 6.37. The number of rotatable bonds is 2. The van der Waals surface area contributed by atoms with Crippen LogP contribution in [0.2, 0.25) is 0 Å². The maximum absolute atomic E-state index is 12.3. The van der Waals surface area contributed by atoms with Gasteiger partial charge in [-0.3, -0.25) is 4.79 Å². The van der Waals surface area contributed by atoms with E-state index >= 15 is 0 Å². The predicted molar refractivity (Wildman–Crippen MR) is 77.1 cm³/mol. The van der Waals surface area contributed by atoms with Gasteiger partial charge in [-0.05, 0) is 43.9 Å². The third-order valence-electron chi connectivity index (χ3n) is 3.29. The summed E-state index contributed by atoms with van der Waals surface area (Å²) in [6.07, 6.45) is 0. The van der Waals surface area contributed by atoms with Crippen LogP contribution < -0.4 is 0 Å². The molecule has 1 amide bonds. The van der Waals surface area contributed by atoms with E-state index in [0.717, 1.165) is 11.1 Å². The van der Waals surface area contributed by atoms with Gasteiger partial charge in [0.1, 0.15) is 0 Å². The zero-order chi connectivity index (χ0) is 14.1. The van der Waals surface area contributed by atoms with Crippen molar-refractivity contribution >= 4 is 5.91 Å². The van der Waals surface area contributed by atoms with Crippen molar-refractivity contribution in [1.82, 2.24) is 4.90 Å². The maximum atomic E-state index is 12.3. The second kappa shape index (κ2) is 5.13. The smallest absolute Gasteiger partial charge is 0.253 e. The second-order valence-corrected chi connectivity index (χ2v) is 6.35. The Labute approximate surface area is 111 Å². The number of benzene rings is 1. The summed E-state index contributed by atoms with van der Waals surface area (Å²) in [5.74, 6) is 0.0965. The summed E-state index contributed by atoms with van der Waals surface area (Å²) < 4.78 is 0. The molecule has 0 N–H and O–H groups in total. The van der Waals surface area contributed by atoms with Crippen molar-refractivity contribution in [2.45, 2.75) is 53.0 Å². The first-order valence-electron chi connectivity index (χ1n) is 6.52. The van der Waals surface area contributed by atoms with Crippen LogP contribution in [0.15, 0.2) is 18.2 Å². The average Bonchev–Trinajstić information content (AvgIpc) is 2.24. The van der Waals surface area contributed by atoms with Gasteiger partial charge in [-0.2, -0.15) is 0 Å². The lowest BCUT2D eigenvalue weighted by Crippen LogP contribution is -2.33. The molecule has 18 heavy (non-hydrogen) atoms. The van der Waals surface area contributed by atoms with Gasteiger partial charge in [-0.15, -0.1) is 0 Å². The normalized spacial score (nSPS) is 11.8. The quantitative estimate of drug-likeness (QED) is 0.779. The van der Waals surface area contributed by atoms with Crippen LogP contribution in [0, 0.1) is 6.92 Å². The van der Waals surface area contributed by atoms with Gasteiger partial charge in [-0.25, -0.2) is 0 Å². The lowest BCUT2D eigenvalue weighted by atomic mass is 9.85. The average molecular weight is 247 g/mol. The number of aryl methyl sites for hydroxylation is 1. The van der Waals surface area contributed by atoms with E-state index < -0.39 is 0 Å². The highest BCUT2D eigenvalue weighted by molar-refractivity contribution is 5.94. The molecule has 0 fully saturated rings. The number of amides is 1. The molecule has 1 aromatic rings. The zero-order valence-corrected chi connectivity index (χ0v) is 12.7. The number of carbonyl (C=O) groups excluding carboxylic acids is 1. The van der Waals surface area contributed by atoms with Gasteiger partial charge in [0, 0.05) is 18.7 Å². The minimum atomic E-state index is 0.0669. The van der Waals surface area contributed by atoms with Crippen molar-refractivity contribution in [2.24, 2.45) is 0 Å². The molecule has 2 nitrogen and oxygen atoms in total. The predicted octanol–water partition coefficient (Wildman–Crippen LogP) is 3.77. The van der Waals surface area contributed by atoms with E-state index in [1.165, 1.54) is 5.56 Å². The molecule has 0 radical (unpaired) electrons. The Kier molecular flexibility index (Phi) is 4.20. The van der Waals surface area contributed by atoms with Gasteiger partial charge in [0.15, 0.2) is 0 Å². The Morgan fingerprint density at radius 1 is 1.17 bits per heavy atom. The molecule has 100 valence electrons. The largest absolute Gasteiger partial charge is 0.339 e. The number of hydrogen-bond donors (Lipinski definition) is 0. The van der Waals surface area contributed by atoms with Gasteiger partial charge < -0.3 is 4.90 Å². The van der Waals surface area contributed by atoms with E-state index in [2.05, 4.69) is 26.8 Å². The zero-order valence-electron chi connectivity index (χ0n) is 12.7.